The lowest BCUT2D eigenvalue weighted by atomic mass is 10.2. The topological polar surface area (TPSA) is 48.4 Å². The molecule has 4 nitrogen and oxygen atoms in total. The number of nitrogens with zero attached hydrogens (tertiary/aromatic N) is 2. The van der Waals surface area contributed by atoms with E-state index in [9.17, 15) is 5.11 Å². The third-order valence-corrected chi connectivity index (χ3v) is 2.92. The highest BCUT2D eigenvalue weighted by Gasteiger charge is 2.17. The van der Waals surface area contributed by atoms with Crippen LogP contribution in [0.2, 0.25) is 0 Å². The van der Waals surface area contributed by atoms with Crippen molar-refractivity contribution in [3.63, 3.8) is 0 Å². The third kappa shape index (κ3) is 3.84. The van der Waals surface area contributed by atoms with Gasteiger partial charge in [0.15, 0.2) is 0 Å². The Morgan fingerprint density at radius 3 is 3.00 bits per heavy atom. The SMILES string of the molecule is Cc1ccc(O)c(CN2CCN[C@H](C)C2)n1.Cl. The first-order valence-electron chi connectivity index (χ1n) is 5.76. The van der Waals surface area contributed by atoms with Gasteiger partial charge in [-0.2, -0.15) is 0 Å². The molecular weight excluding hydrogens is 238 g/mol. The van der Waals surface area contributed by atoms with Crippen LogP contribution in [-0.4, -0.2) is 40.7 Å². The second-order valence-corrected chi connectivity index (χ2v) is 4.51. The van der Waals surface area contributed by atoms with E-state index in [1.165, 1.54) is 0 Å². The summed E-state index contributed by atoms with van der Waals surface area (Å²) in [5.41, 5.74) is 1.74. The van der Waals surface area contributed by atoms with Crippen LogP contribution in [0.3, 0.4) is 0 Å². The van der Waals surface area contributed by atoms with Crippen molar-refractivity contribution in [3.05, 3.63) is 23.5 Å². The zero-order valence-electron chi connectivity index (χ0n) is 10.3. The van der Waals surface area contributed by atoms with Gasteiger partial charge in [-0.3, -0.25) is 9.88 Å². The van der Waals surface area contributed by atoms with Gasteiger partial charge in [-0.15, -0.1) is 12.4 Å². The molecule has 2 heterocycles. The monoisotopic (exact) mass is 257 g/mol. The van der Waals surface area contributed by atoms with Crippen LogP contribution in [0.4, 0.5) is 0 Å². The number of aryl methyl sites for hydroxylation is 1. The molecule has 1 aromatic heterocycles. The maximum Gasteiger partial charge on any atom is 0.138 e. The summed E-state index contributed by atoms with van der Waals surface area (Å²) in [5.74, 6) is 0.303. The van der Waals surface area contributed by atoms with Gasteiger partial charge in [-0.05, 0) is 26.0 Å². The van der Waals surface area contributed by atoms with Gasteiger partial charge in [0.1, 0.15) is 5.75 Å². The Morgan fingerprint density at radius 1 is 1.53 bits per heavy atom. The van der Waals surface area contributed by atoms with E-state index in [-0.39, 0.29) is 12.4 Å². The second-order valence-electron chi connectivity index (χ2n) is 4.51. The average Bonchev–Trinajstić information content (AvgIpc) is 2.24. The second kappa shape index (κ2) is 6.19. The van der Waals surface area contributed by atoms with Gasteiger partial charge in [0.05, 0.1) is 5.69 Å². The van der Waals surface area contributed by atoms with Crippen molar-refractivity contribution in [2.24, 2.45) is 0 Å². The number of aromatic nitrogens is 1. The molecule has 0 saturated carbocycles. The lowest BCUT2D eigenvalue weighted by Gasteiger charge is -2.31. The predicted molar refractivity (Wildman–Crippen MR) is 70.6 cm³/mol. The summed E-state index contributed by atoms with van der Waals surface area (Å²) in [6.07, 6.45) is 0. The van der Waals surface area contributed by atoms with Crippen molar-refractivity contribution in [1.82, 2.24) is 15.2 Å². The summed E-state index contributed by atoms with van der Waals surface area (Å²) in [7, 11) is 0. The van der Waals surface area contributed by atoms with Gasteiger partial charge in [0.2, 0.25) is 0 Å². The van der Waals surface area contributed by atoms with Crippen LogP contribution in [-0.2, 0) is 6.54 Å². The quantitative estimate of drug-likeness (QED) is 0.839. The molecule has 2 N–H and O–H groups in total. The van der Waals surface area contributed by atoms with Gasteiger partial charge in [-0.25, -0.2) is 0 Å². The van der Waals surface area contributed by atoms with Crippen LogP contribution in [0.1, 0.15) is 18.3 Å². The lowest BCUT2D eigenvalue weighted by molar-refractivity contribution is 0.195. The number of rotatable bonds is 2. The van der Waals surface area contributed by atoms with Crippen molar-refractivity contribution in [2.75, 3.05) is 19.6 Å². The smallest absolute Gasteiger partial charge is 0.138 e. The Morgan fingerprint density at radius 2 is 2.29 bits per heavy atom. The first-order valence-corrected chi connectivity index (χ1v) is 5.76. The van der Waals surface area contributed by atoms with E-state index in [1.54, 1.807) is 6.07 Å². The van der Waals surface area contributed by atoms with E-state index in [4.69, 9.17) is 0 Å². The van der Waals surface area contributed by atoms with Crippen LogP contribution in [0.15, 0.2) is 12.1 Å². The normalized spacial score (nSPS) is 20.9. The molecule has 1 fully saturated rings. The summed E-state index contributed by atoms with van der Waals surface area (Å²) < 4.78 is 0. The summed E-state index contributed by atoms with van der Waals surface area (Å²) in [6.45, 7) is 7.89. The van der Waals surface area contributed by atoms with Crippen LogP contribution in [0.5, 0.6) is 5.75 Å². The zero-order valence-corrected chi connectivity index (χ0v) is 11.1. The Kier molecular flexibility index (Phi) is 5.18. The van der Waals surface area contributed by atoms with E-state index in [0.717, 1.165) is 37.6 Å². The number of pyridine rings is 1. The fraction of sp³-hybridized carbons (Fsp3) is 0.583. The Bertz CT molecular complexity index is 373. The van der Waals surface area contributed by atoms with Crippen molar-refractivity contribution in [1.29, 1.82) is 0 Å². The van der Waals surface area contributed by atoms with Gasteiger partial charge in [0, 0.05) is 37.9 Å². The molecule has 2 rings (SSSR count). The predicted octanol–water partition coefficient (Wildman–Crippen LogP) is 1.31. The standard InChI is InChI=1S/C12H19N3O.ClH/c1-9-3-4-12(16)11(14-9)8-15-6-5-13-10(2)7-15;/h3-4,10,13,16H,5-8H2,1-2H3;1H/t10-;/m1./s1. The molecule has 0 amide bonds. The van der Waals surface area contributed by atoms with Crippen molar-refractivity contribution in [3.8, 4) is 5.75 Å². The highest BCUT2D eigenvalue weighted by Crippen LogP contribution is 2.17. The molecule has 1 saturated heterocycles. The number of nitrogens with one attached hydrogen (secondary N) is 1. The number of aromatic hydroxyl groups is 1. The first kappa shape index (κ1) is 14.2. The number of piperazine rings is 1. The fourth-order valence-electron chi connectivity index (χ4n) is 2.09. The molecule has 1 aromatic rings. The fourth-order valence-corrected chi connectivity index (χ4v) is 2.09. The molecular formula is C12H20ClN3O. The van der Waals surface area contributed by atoms with E-state index < -0.39 is 0 Å². The molecule has 1 aliphatic rings. The summed E-state index contributed by atoms with van der Waals surface area (Å²) in [5, 5.41) is 13.1. The minimum absolute atomic E-state index is 0. The molecule has 0 bridgehead atoms. The van der Waals surface area contributed by atoms with Crippen LogP contribution >= 0.6 is 12.4 Å². The maximum atomic E-state index is 9.73. The van der Waals surface area contributed by atoms with Crippen molar-refractivity contribution < 1.29 is 5.11 Å². The molecule has 1 aliphatic heterocycles. The van der Waals surface area contributed by atoms with Crippen LogP contribution in [0, 0.1) is 6.92 Å². The zero-order chi connectivity index (χ0) is 11.5. The van der Waals surface area contributed by atoms with Crippen LogP contribution < -0.4 is 5.32 Å². The van der Waals surface area contributed by atoms with E-state index in [1.807, 2.05) is 13.0 Å². The Balaban J connectivity index is 0.00000144. The number of hydrogen-bond donors (Lipinski definition) is 2. The van der Waals surface area contributed by atoms with Gasteiger partial charge >= 0.3 is 0 Å². The van der Waals surface area contributed by atoms with E-state index in [2.05, 4.69) is 22.1 Å². The van der Waals surface area contributed by atoms with E-state index >= 15 is 0 Å². The molecule has 17 heavy (non-hydrogen) atoms. The molecule has 0 aliphatic carbocycles. The van der Waals surface area contributed by atoms with E-state index in [0.29, 0.717) is 11.8 Å². The van der Waals surface area contributed by atoms with Gasteiger partial charge in [-0.1, -0.05) is 0 Å². The maximum absolute atomic E-state index is 9.73. The van der Waals surface area contributed by atoms with Crippen molar-refractivity contribution in [2.45, 2.75) is 26.4 Å². The molecule has 0 aromatic carbocycles. The molecule has 0 radical (unpaired) electrons. The number of hydrogen-bond acceptors (Lipinski definition) is 4. The Labute approximate surface area is 108 Å². The highest BCUT2D eigenvalue weighted by atomic mass is 35.5. The largest absolute Gasteiger partial charge is 0.506 e. The Hall–Kier alpha value is -0.840. The molecule has 96 valence electrons. The molecule has 0 spiro atoms. The van der Waals surface area contributed by atoms with Gasteiger partial charge < -0.3 is 10.4 Å². The molecule has 5 heteroatoms. The summed E-state index contributed by atoms with van der Waals surface area (Å²) in [6, 6.07) is 4.07. The summed E-state index contributed by atoms with van der Waals surface area (Å²) in [4.78, 5) is 6.70. The minimum Gasteiger partial charge on any atom is -0.506 e. The lowest BCUT2D eigenvalue weighted by Crippen LogP contribution is -2.48. The molecule has 0 unspecified atom stereocenters. The third-order valence-electron chi connectivity index (χ3n) is 2.92. The van der Waals surface area contributed by atoms with Crippen LogP contribution in [0.25, 0.3) is 0 Å². The minimum atomic E-state index is 0. The average molecular weight is 258 g/mol. The molecule has 1 atom stereocenters. The van der Waals surface area contributed by atoms with Gasteiger partial charge in [0.25, 0.3) is 0 Å². The highest BCUT2D eigenvalue weighted by molar-refractivity contribution is 5.85. The number of halogens is 1. The first-order chi connectivity index (χ1) is 7.65. The summed E-state index contributed by atoms with van der Waals surface area (Å²) >= 11 is 0. The van der Waals surface area contributed by atoms with Crippen molar-refractivity contribution >= 4 is 12.4 Å².